The number of piperazine rings is 1. The van der Waals surface area contributed by atoms with Crippen molar-refractivity contribution in [2.75, 3.05) is 44.8 Å². The second-order valence-electron chi connectivity index (χ2n) is 12.4. The van der Waals surface area contributed by atoms with Gasteiger partial charge >= 0.3 is 6.01 Å². The van der Waals surface area contributed by atoms with Crippen molar-refractivity contribution in [2.24, 2.45) is 0 Å². The maximum atomic E-state index is 16.8. The van der Waals surface area contributed by atoms with Crippen LogP contribution >= 0.6 is 0 Å². The number of aromatic nitrogens is 3. The van der Waals surface area contributed by atoms with Crippen LogP contribution in [0, 0.1) is 11.6 Å². The van der Waals surface area contributed by atoms with Crippen LogP contribution in [0.4, 0.5) is 19.0 Å². The molecule has 44 heavy (non-hydrogen) atoms. The molecule has 0 spiro atoms. The third-order valence-electron chi connectivity index (χ3n) is 9.68. The minimum absolute atomic E-state index is 0.00225. The zero-order valence-electron chi connectivity index (χ0n) is 25.2. The molecule has 232 valence electrons. The summed E-state index contributed by atoms with van der Waals surface area (Å²) in [5.41, 5.74) is 0.0109. The molecule has 0 aliphatic carbocycles. The minimum Gasteiger partial charge on any atom is -0.480 e. The van der Waals surface area contributed by atoms with E-state index in [1.165, 1.54) is 19.2 Å². The number of hydrogen-bond acceptors (Lipinski definition) is 8. The van der Waals surface area contributed by atoms with E-state index in [1.807, 2.05) is 0 Å². The Morgan fingerprint density at radius 3 is 2.68 bits per heavy atom. The number of alkyl halides is 1. The summed E-state index contributed by atoms with van der Waals surface area (Å²) in [5, 5.41) is 4.79. The molecular weight excluding hydrogens is 569 g/mol. The van der Waals surface area contributed by atoms with Gasteiger partial charge in [0.25, 0.3) is 0 Å². The van der Waals surface area contributed by atoms with Crippen molar-refractivity contribution in [1.82, 2.24) is 25.2 Å². The predicted octanol–water partition coefficient (Wildman–Crippen LogP) is 5.66. The second kappa shape index (κ2) is 11.3. The number of rotatable bonds is 7. The van der Waals surface area contributed by atoms with E-state index in [0.29, 0.717) is 53.6 Å². The van der Waals surface area contributed by atoms with Crippen LogP contribution in [0.1, 0.15) is 39.5 Å². The van der Waals surface area contributed by atoms with Gasteiger partial charge in [-0.15, -0.1) is 0 Å². The number of hydrogen-bond donors (Lipinski definition) is 1. The summed E-state index contributed by atoms with van der Waals surface area (Å²) in [6, 6.07) is 10.0. The van der Waals surface area contributed by atoms with Crippen LogP contribution in [0.2, 0.25) is 0 Å². The first kappa shape index (κ1) is 29.0. The number of fused-ring (bicyclic) bond motifs is 3. The lowest BCUT2D eigenvalue weighted by atomic mass is 9.95. The Morgan fingerprint density at radius 2 is 1.89 bits per heavy atom. The molecule has 0 saturated carbocycles. The molecule has 0 radical (unpaired) electrons. The monoisotopic (exact) mass is 606 g/mol. The molecule has 3 saturated heterocycles. The van der Waals surface area contributed by atoms with Crippen LogP contribution in [0.25, 0.3) is 32.9 Å². The van der Waals surface area contributed by atoms with Crippen LogP contribution in [0.15, 0.2) is 36.4 Å². The smallest absolute Gasteiger partial charge is 0.319 e. The molecule has 7 rings (SSSR count). The van der Waals surface area contributed by atoms with E-state index < -0.39 is 23.3 Å². The van der Waals surface area contributed by atoms with E-state index in [2.05, 4.69) is 38.9 Å². The molecule has 4 atom stereocenters. The molecule has 3 fully saturated rings. The number of nitrogens with one attached hydrogen (secondary N) is 1. The molecule has 0 bridgehead atoms. The highest BCUT2D eigenvalue weighted by Crippen LogP contribution is 2.43. The normalized spacial score (nSPS) is 25.6. The number of nitrogens with zero attached hydrogens (tertiary/aromatic N) is 5. The summed E-state index contributed by atoms with van der Waals surface area (Å²) in [6.07, 6.45) is 2.20. The average molecular weight is 607 g/mol. The Hall–Kier alpha value is -3.70. The van der Waals surface area contributed by atoms with Crippen molar-refractivity contribution >= 4 is 27.5 Å². The summed E-state index contributed by atoms with van der Waals surface area (Å²) in [6.45, 7) is 7.00. The first-order valence-electron chi connectivity index (χ1n) is 15.5. The Balaban J connectivity index is 1.41. The molecule has 0 unspecified atom stereocenters. The van der Waals surface area contributed by atoms with Crippen LogP contribution < -0.4 is 19.7 Å². The molecule has 0 amide bonds. The van der Waals surface area contributed by atoms with Crippen molar-refractivity contribution in [3.63, 3.8) is 0 Å². The van der Waals surface area contributed by atoms with Gasteiger partial charge in [0, 0.05) is 49.1 Å². The predicted molar refractivity (Wildman–Crippen MR) is 164 cm³/mol. The van der Waals surface area contributed by atoms with Gasteiger partial charge < -0.3 is 19.7 Å². The van der Waals surface area contributed by atoms with Crippen LogP contribution in [-0.2, 0) is 0 Å². The molecule has 3 aliphatic heterocycles. The van der Waals surface area contributed by atoms with Gasteiger partial charge in [-0.05, 0) is 50.2 Å². The van der Waals surface area contributed by atoms with E-state index in [4.69, 9.17) is 14.5 Å². The summed E-state index contributed by atoms with van der Waals surface area (Å²) < 4.78 is 58.1. The lowest BCUT2D eigenvalue weighted by Gasteiger charge is -2.40. The number of pyridine rings is 1. The lowest BCUT2D eigenvalue weighted by molar-refractivity contribution is 0.107. The van der Waals surface area contributed by atoms with E-state index >= 15 is 4.39 Å². The average Bonchev–Trinajstić information content (AvgIpc) is 3.56. The summed E-state index contributed by atoms with van der Waals surface area (Å²) in [7, 11) is 1.48. The maximum absolute atomic E-state index is 16.8. The standard InChI is InChI=1S/C33H37F3N6O2/c1-4-21-17-42(19(2)15-37-21)30-26-29(39-32(40-30)44-18-33-12-7-13-41(33)16-20(34)14-33)27(36)28(38-31(26)43-3)24-10-11-25(35)23-9-6-5-8-22(23)24/h5-6,8-11,19-21,37H,4,7,12-18H2,1-3H3/t19-,20-,21-,33+/m1/s1. The van der Waals surface area contributed by atoms with Crippen molar-refractivity contribution in [3.8, 4) is 23.1 Å². The van der Waals surface area contributed by atoms with E-state index in [0.717, 1.165) is 25.8 Å². The van der Waals surface area contributed by atoms with E-state index in [-0.39, 0.29) is 41.8 Å². The fourth-order valence-corrected chi connectivity index (χ4v) is 7.32. The van der Waals surface area contributed by atoms with Crippen molar-refractivity contribution in [1.29, 1.82) is 0 Å². The summed E-state index contributed by atoms with van der Waals surface area (Å²) in [5.74, 6) is -0.432. The van der Waals surface area contributed by atoms with Gasteiger partial charge in [0.1, 0.15) is 41.0 Å². The van der Waals surface area contributed by atoms with Crippen LogP contribution in [0.3, 0.4) is 0 Å². The molecule has 8 nitrogen and oxygen atoms in total. The Morgan fingerprint density at radius 1 is 1.07 bits per heavy atom. The van der Waals surface area contributed by atoms with Gasteiger partial charge in [-0.2, -0.15) is 9.97 Å². The molecule has 11 heteroatoms. The first-order chi connectivity index (χ1) is 21.3. The van der Waals surface area contributed by atoms with Gasteiger partial charge in [-0.1, -0.05) is 31.2 Å². The van der Waals surface area contributed by atoms with Gasteiger partial charge in [-0.25, -0.2) is 18.2 Å². The first-order valence-corrected chi connectivity index (χ1v) is 15.5. The quantitative estimate of drug-likeness (QED) is 0.289. The third-order valence-corrected chi connectivity index (χ3v) is 9.68. The Kier molecular flexibility index (Phi) is 7.48. The van der Waals surface area contributed by atoms with E-state index in [9.17, 15) is 8.78 Å². The van der Waals surface area contributed by atoms with Gasteiger partial charge in [-0.3, -0.25) is 4.90 Å². The minimum atomic E-state index is -0.902. The molecular formula is C33H37F3N6O2. The Labute approximate surface area is 254 Å². The molecule has 1 N–H and O–H groups in total. The Bertz CT molecular complexity index is 1720. The molecule has 2 aromatic carbocycles. The highest BCUT2D eigenvalue weighted by molar-refractivity contribution is 6.01. The highest BCUT2D eigenvalue weighted by atomic mass is 19.1. The fraction of sp³-hybridized carbons (Fsp3) is 0.485. The SMILES string of the molecule is CC[C@@H]1CN(c2nc(OC[C@@]34CCCN3C[C@H](F)C4)nc3c(F)c(-c4ccc(F)c5ccccc45)nc(OC)c23)[C@H](C)CN1. The zero-order valence-corrected chi connectivity index (χ0v) is 25.2. The number of anilines is 1. The fourth-order valence-electron chi connectivity index (χ4n) is 7.32. The maximum Gasteiger partial charge on any atom is 0.319 e. The van der Waals surface area contributed by atoms with Gasteiger partial charge in [0.05, 0.1) is 12.6 Å². The zero-order chi connectivity index (χ0) is 30.6. The number of benzene rings is 2. The van der Waals surface area contributed by atoms with Crippen molar-refractivity contribution in [3.05, 3.63) is 48.0 Å². The van der Waals surface area contributed by atoms with Crippen molar-refractivity contribution in [2.45, 2.75) is 63.3 Å². The lowest BCUT2D eigenvalue weighted by Crippen LogP contribution is -2.55. The topological polar surface area (TPSA) is 75.6 Å². The van der Waals surface area contributed by atoms with Gasteiger partial charge in [0.15, 0.2) is 5.82 Å². The van der Waals surface area contributed by atoms with E-state index in [1.54, 1.807) is 24.3 Å². The third kappa shape index (κ3) is 4.81. The largest absolute Gasteiger partial charge is 0.480 e. The number of ether oxygens (including phenoxy) is 2. The summed E-state index contributed by atoms with van der Waals surface area (Å²) in [4.78, 5) is 18.4. The molecule has 3 aliphatic rings. The number of halogens is 3. The number of methoxy groups -OCH3 is 1. The molecule has 4 aromatic rings. The van der Waals surface area contributed by atoms with Crippen LogP contribution in [-0.4, -0.2) is 83.5 Å². The van der Waals surface area contributed by atoms with Crippen LogP contribution in [0.5, 0.6) is 11.9 Å². The second-order valence-corrected chi connectivity index (χ2v) is 12.4. The highest BCUT2D eigenvalue weighted by Gasteiger charge is 2.49. The van der Waals surface area contributed by atoms with Gasteiger partial charge in [0.2, 0.25) is 5.88 Å². The molecule has 5 heterocycles. The van der Waals surface area contributed by atoms with Crippen molar-refractivity contribution < 1.29 is 22.6 Å². The summed E-state index contributed by atoms with van der Waals surface area (Å²) >= 11 is 0. The molecule has 2 aromatic heterocycles.